The van der Waals surface area contributed by atoms with Crippen LogP contribution in [0, 0.1) is 0 Å². The number of piperidine rings is 2. The maximum Gasteiger partial charge on any atom is 0.245 e. The second-order valence-electron chi connectivity index (χ2n) is 8.07. The van der Waals surface area contributed by atoms with Crippen LogP contribution in [-0.4, -0.2) is 61.2 Å². The number of anilines is 1. The lowest BCUT2D eigenvalue weighted by Crippen LogP contribution is -2.61. The van der Waals surface area contributed by atoms with E-state index >= 15 is 0 Å². The summed E-state index contributed by atoms with van der Waals surface area (Å²) >= 11 is 0. The molecule has 0 saturated carbocycles. The van der Waals surface area contributed by atoms with Crippen molar-refractivity contribution in [1.82, 2.24) is 30.0 Å². The number of phenols is 1. The van der Waals surface area contributed by atoms with Gasteiger partial charge in [-0.05, 0) is 31.4 Å². The van der Waals surface area contributed by atoms with E-state index in [1.165, 1.54) is 0 Å². The largest absolute Gasteiger partial charge is 0.507 e. The molecule has 8 nitrogen and oxygen atoms in total. The molecule has 4 atom stereocenters. The number of nitrogens with zero attached hydrogens (tertiary/aromatic N) is 6. The zero-order chi connectivity index (χ0) is 20.7. The van der Waals surface area contributed by atoms with Crippen molar-refractivity contribution in [1.29, 1.82) is 0 Å². The fraction of sp³-hybridized carbons (Fsp3) is 0.429. The molecule has 156 valence electrons. The highest BCUT2D eigenvalue weighted by Gasteiger charge is 2.42. The number of hydrogen-bond donors (Lipinski definition) is 2. The number of halogens is 1. The topological polar surface area (TPSA) is 92.0 Å². The second-order valence-corrected chi connectivity index (χ2v) is 8.07. The van der Waals surface area contributed by atoms with E-state index in [-0.39, 0.29) is 17.8 Å². The van der Waals surface area contributed by atoms with Crippen LogP contribution in [0.4, 0.5) is 10.3 Å². The van der Waals surface area contributed by atoms with E-state index in [1.807, 2.05) is 13.1 Å². The Bertz CT molecular complexity index is 1010. The van der Waals surface area contributed by atoms with Crippen molar-refractivity contribution in [3.63, 3.8) is 0 Å². The Morgan fingerprint density at radius 2 is 2.17 bits per heavy atom. The van der Waals surface area contributed by atoms with Crippen molar-refractivity contribution < 1.29 is 9.50 Å². The standard InChI is InChI=1S/C21H24FN7O/c1-28(18-9-13-3-2-4-16(25-13)20(18)22)21-24-11-17(26-27-21)15-6-5-14(10-19(15)30)29-8-7-23-12-29/h5-8,10-13,16,18,20,25,30H,2-4,9H2,1H3/t13?,16?,18-,20+/m0/s1. The maximum absolute atomic E-state index is 15.0. The molecule has 2 unspecified atom stereocenters. The summed E-state index contributed by atoms with van der Waals surface area (Å²) in [4.78, 5) is 10.2. The van der Waals surface area contributed by atoms with Gasteiger partial charge in [-0.1, -0.05) is 6.42 Å². The van der Waals surface area contributed by atoms with Crippen molar-refractivity contribution >= 4 is 5.95 Å². The van der Waals surface area contributed by atoms with Crippen LogP contribution in [0.25, 0.3) is 16.9 Å². The van der Waals surface area contributed by atoms with Crippen LogP contribution in [0.5, 0.6) is 5.75 Å². The van der Waals surface area contributed by atoms with Crippen LogP contribution in [-0.2, 0) is 0 Å². The lowest BCUT2D eigenvalue weighted by molar-refractivity contribution is 0.106. The molecule has 0 aliphatic carbocycles. The number of phenolic OH excluding ortho intramolecular Hbond substituents is 1. The molecule has 2 aliphatic heterocycles. The fourth-order valence-corrected chi connectivity index (χ4v) is 4.56. The molecule has 3 aromatic rings. The number of nitrogens with one attached hydrogen (secondary N) is 1. The second kappa shape index (κ2) is 7.64. The first-order valence-electron chi connectivity index (χ1n) is 10.2. The zero-order valence-corrected chi connectivity index (χ0v) is 16.7. The summed E-state index contributed by atoms with van der Waals surface area (Å²) in [5.41, 5.74) is 1.78. The highest BCUT2D eigenvalue weighted by atomic mass is 19.1. The molecule has 9 heteroatoms. The van der Waals surface area contributed by atoms with Gasteiger partial charge in [-0.2, -0.15) is 0 Å². The molecule has 2 fully saturated rings. The van der Waals surface area contributed by atoms with Crippen LogP contribution in [0.1, 0.15) is 25.7 Å². The van der Waals surface area contributed by atoms with Gasteiger partial charge in [0, 0.05) is 43.2 Å². The third-order valence-electron chi connectivity index (χ3n) is 6.22. The van der Waals surface area contributed by atoms with Crippen LogP contribution < -0.4 is 10.2 Å². The minimum Gasteiger partial charge on any atom is -0.507 e. The summed E-state index contributed by atoms with van der Waals surface area (Å²) in [5, 5.41) is 22.3. The van der Waals surface area contributed by atoms with E-state index in [0.29, 0.717) is 23.2 Å². The first-order valence-corrected chi connectivity index (χ1v) is 10.2. The first-order chi connectivity index (χ1) is 14.6. The average Bonchev–Trinajstić information content (AvgIpc) is 3.31. The summed E-state index contributed by atoms with van der Waals surface area (Å²) in [5.74, 6) is 0.467. The molecule has 5 rings (SSSR count). The summed E-state index contributed by atoms with van der Waals surface area (Å²) in [6.07, 6.45) is 9.50. The van der Waals surface area contributed by atoms with Crippen molar-refractivity contribution in [3.05, 3.63) is 43.1 Å². The number of aromatic hydroxyl groups is 1. The Labute approximate surface area is 173 Å². The zero-order valence-electron chi connectivity index (χ0n) is 16.7. The minimum absolute atomic E-state index is 0.0772. The van der Waals surface area contributed by atoms with Crippen molar-refractivity contribution in [2.45, 2.75) is 50.0 Å². The lowest BCUT2D eigenvalue weighted by atomic mass is 9.82. The Kier molecular flexibility index (Phi) is 4.82. The van der Waals surface area contributed by atoms with Crippen molar-refractivity contribution in [2.75, 3.05) is 11.9 Å². The molecule has 2 bridgehead atoms. The van der Waals surface area contributed by atoms with Gasteiger partial charge in [-0.25, -0.2) is 14.4 Å². The predicted molar refractivity (Wildman–Crippen MR) is 110 cm³/mol. The maximum atomic E-state index is 15.0. The lowest BCUT2D eigenvalue weighted by Gasteiger charge is -2.45. The Morgan fingerprint density at radius 3 is 2.90 bits per heavy atom. The number of hydrogen-bond acceptors (Lipinski definition) is 7. The third kappa shape index (κ3) is 3.39. The summed E-state index contributed by atoms with van der Waals surface area (Å²) in [6.45, 7) is 0. The Hall–Kier alpha value is -3.07. The smallest absolute Gasteiger partial charge is 0.245 e. The summed E-state index contributed by atoms with van der Waals surface area (Å²) in [7, 11) is 1.83. The van der Waals surface area contributed by atoms with E-state index in [2.05, 4.69) is 25.5 Å². The van der Waals surface area contributed by atoms with Crippen molar-refractivity contribution in [2.24, 2.45) is 0 Å². The number of alkyl halides is 1. The molecule has 0 radical (unpaired) electrons. The average molecular weight is 409 g/mol. The van der Waals surface area contributed by atoms with Crippen molar-refractivity contribution in [3.8, 4) is 22.7 Å². The normalized spacial score (nSPS) is 25.8. The Morgan fingerprint density at radius 1 is 1.27 bits per heavy atom. The highest BCUT2D eigenvalue weighted by Crippen LogP contribution is 2.32. The van der Waals surface area contributed by atoms with Gasteiger partial charge in [-0.15, -0.1) is 10.2 Å². The molecule has 4 heterocycles. The number of imidazole rings is 1. The molecule has 2 N–H and O–H groups in total. The molecule has 1 aromatic carbocycles. The highest BCUT2D eigenvalue weighted by molar-refractivity contribution is 5.68. The van der Waals surface area contributed by atoms with E-state index in [9.17, 15) is 9.50 Å². The molecule has 0 amide bonds. The minimum atomic E-state index is -0.963. The van der Waals surface area contributed by atoms with Crippen LogP contribution in [0.2, 0.25) is 0 Å². The van der Waals surface area contributed by atoms with E-state index in [1.54, 1.807) is 46.5 Å². The predicted octanol–water partition coefficient (Wildman–Crippen LogP) is 2.49. The monoisotopic (exact) mass is 409 g/mol. The van der Waals surface area contributed by atoms with Crippen LogP contribution in [0.15, 0.2) is 43.1 Å². The van der Waals surface area contributed by atoms with Gasteiger partial charge in [0.2, 0.25) is 5.95 Å². The van der Waals surface area contributed by atoms with Crippen LogP contribution in [0.3, 0.4) is 0 Å². The van der Waals surface area contributed by atoms with Gasteiger partial charge in [0.05, 0.1) is 24.3 Å². The SMILES string of the molecule is CN(c1ncc(-c2ccc(-n3ccnc3)cc2O)nn1)[C@H]1CC2CCCC(N2)[C@H]1F. The van der Waals surface area contributed by atoms with E-state index in [0.717, 1.165) is 31.4 Å². The number of benzene rings is 1. The van der Waals surface area contributed by atoms with Gasteiger partial charge < -0.3 is 19.9 Å². The number of rotatable bonds is 4. The first kappa shape index (κ1) is 18.9. The molecule has 2 saturated heterocycles. The Balaban J connectivity index is 1.35. The quantitative estimate of drug-likeness (QED) is 0.684. The molecule has 0 spiro atoms. The van der Waals surface area contributed by atoms with Gasteiger partial charge in [-0.3, -0.25) is 0 Å². The van der Waals surface area contributed by atoms with Gasteiger partial charge in [0.15, 0.2) is 0 Å². The van der Waals surface area contributed by atoms with Gasteiger partial charge >= 0.3 is 0 Å². The van der Waals surface area contributed by atoms with Crippen LogP contribution >= 0.6 is 0 Å². The molecule has 2 aliphatic rings. The summed E-state index contributed by atoms with van der Waals surface area (Å²) < 4.78 is 16.8. The molecular weight excluding hydrogens is 385 g/mol. The molecule has 2 aromatic heterocycles. The summed E-state index contributed by atoms with van der Waals surface area (Å²) in [6, 6.07) is 5.26. The fourth-order valence-electron chi connectivity index (χ4n) is 4.56. The van der Waals surface area contributed by atoms with E-state index in [4.69, 9.17) is 0 Å². The number of aromatic nitrogens is 5. The third-order valence-corrected chi connectivity index (χ3v) is 6.22. The van der Waals surface area contributed by atoms with E-state index < -0.39 is 6.17 Å². The number of fused-ring (bicyclic) bond motifs is 2. The molecule has 30 heavy (non-hydrogen) atoms. The van der Waals surface area contributed by atoms with Gasteiger partial charge in [0.1, 0.15) is 17.6 Å². The van der Waals surface area contributed by atoms with Gasteiger partial charge in [0.25, 0.3) is 0 Å². The molecular formula is C21H24FN7O.